The predicted octanol–water partition coefficient (Wildman–Crippen LogP) is 1.42. The summed E-state index contributed by atoms with van der Waals surface area (Å²) in [5.41, 5.74) is 2.93. The second kappa shape index (κ2) is 5.47. The van der Waals surface area contributed by atoms with Crippen molar-refractivity contribution in [2.24, 2.45) is 0 Å². The molecule has 0 spiro atoms. The van der Waals surface area contributed by atoms with E-state index in [9.17, 15) is 14.4 Å². The SMILES string of the molecule is Cc1[nH]c2ccccc2c1CC(=O)N(C1CC1)[C@@H]1CC(=O)NC1=O. The van der Waals surface area contributed by atoms with Crippen LogP contribution in [0.3, 0.4) is 0 Å². The smallest absolute Gasteiger partial charge is 0.249 e. The lowest BCUT2D eigenvalue weighted by Gasteiger charge is -2.27. The van der Waals surface area contributed by atoms with E-state index in [1.54, 1.807) is 4.90 Å². The third-order valence-corrected chi connectivity index (χ3v) is 4.86. The number of nitrogens with one attached hydrogen (secondary N) is 2. The predicted molar refractivity (Wildman–Crippen MR) is 88.2 cm³/mol. The van der Waals surface area contributed by atoms with E-state index in [1.165, 1.54) is 0 Å². The molecule has 6 heteroatoms. The number of imide groups is 1. The van der Waals surface area contributed by atoms with Crippen molar-refractivity contribution in [3.63, 3.8) is 0 Å². The van der Waals surface area contributed by atoms with E-state index < -0.39 is 6.04 Å². The van der Waals surface area contributed by atoms with Crippen molar-refractivity contribution in [1.29, 1.82) is 0 Å². The van der Waals surface area contributed by atoms with Gasteiger partial charge in [-0.3, -0.25) is 19.7 Å². The molecule has 1 aliphatic heterocycles. The standard InChI is InChI=1S/C18H19N3O3/c1-10-13(12-4-2-3-5-14(12)19-10)8-17(23)21(11-6-7-11)15-9-16(22)20-18(15)24/h2-5,11,15,19H,6-9H2,1H3,(H,20,22,24)/t15-/m1/s1. The number of rotatable bonds is 4. The Balaban J connectivity index is 1.63. The minimum atomic E-state index is -0.650. The van der Waals surface area contributed by atoms with Gasteiger partial charge in [0, 0.05) is 22.6 Å². The van der Waals surface area contributed by atoms with Crippen molar-refractivity contribution in [3.05, 3.63) is 35.5 Å². The van der Waals surface area contributed by atoms with Crippen molar-refractivity contribution in [2.45, 2.75) is 44.7 Å². The molecular weight excluding hydrogens is 306 g/mol. The summed E-state index contributed by atoms with van der Waals surface area (Å²) in [6.45, 7) is 1.95. The maximum atomic E-state index is 12.9. The maximum Gasteiger partial charge on any atom is 0.249 e. The lowest BCUT2D eigenvalue weighted by Crippen LogP contribution is -2.46. The van der Waals surface area contributed by atoms with Crippen molar-refractivity contribution < 1.29 is 14.4 Å². The molecule has 1 aliphatic carbocycles. The van der Waals surface area contributed by atoms with Crippen LogP contribution in [0.2, 0.25) is 0 Å². The Bertz CT molecular complexity index is 850. The van der Waals surface area contributed by atoms with Crippen LogP contribution in [-0.4, -0.2) is 39.7 Å². The van der Waals surface area contributed by atoms with E-state index in [0.29, 0.717) is 0 Å². The molecule has 1 atom stereocenters. The summed E-state index contributed by atoms with van der Waals surface area (Å²) in [6.07, 6.45) is 2.12. The summed E-state index contributed by atoms with van der Waals surface area (Å²) in [4.78, 5) is 41.4. The lowest BCUT2D eigenvalue weighted by atomic mass is 10.1. The number of benzene rings is 1. The van der Waals surface area contributed by atoms with Crippen LogP contribution in [0.5, 0.6) is 0 Å². The van der Waals surface area contributed by atoms with Gasteiger partial charge in [-0.2, -0.15) is 0 Å². The highest BCUT2D eigenvalue weighted by molar-refractivity contribution is 6.07. The third kappa shape index (κ3) is 2.48. The highest BCUT2D eigenvalue weighted by atomic mass is 16.2. The summed E-state index contributed by atoms with van der Waals surface area (Å²) < 4.78 is 0. The van der Waals surface area contributed by atoms with E-state index >= 15 is 0 Å². The molecule has 0 unspecified atom stereocenters. The number of para-hydroxylation sites is 1. The molecule has 24 heavy (non-hydrogen) atoms. The fourth-order valence-electron chi connectivity index (χ4n) is 3.55. The lowest BCUT2D eigenvalue weighted by molar-refractivity contribution is -0.139. The second-order valence-electron chi connectivity index (χ2n) is 6.62. The molecule has 2 aromatic rings. The van der Waals surface area contributed by atoms with Crippen LogP contribution in [0.1, 0.15) is 30.5 Å². The molecule has 1 aromatic heterocycles. The Morgan fingerprint density at radius 3 is 2.67 bits per heavy atom. The van der Waals surface area contributed by atoms with Crippen LogP contribution in [0.4, 0.5) is 0 Å². The molecule has 1 saturated heterocycles. The van der Waals surface area contributed by atoms with Crippen LogP contribution >= 0.6 is 0 Å². The van der Waals surface area contributed by atoms with Crippen LogP contribution in [-0.2, 0) is 20.8 Å². The molecule has 1 saturated carbocycles. The van der Waals surface area contributed by atoms with Crippen LogP contribution in [0.25, 0.3) is 10.9 Å². The van der Waals surface area contributed by atoms with E-state index in [0.717, 1.165) is 35.0 Å². The molecule has 0 bridgehead atoms. The van der Waals surface area contributed by atoms with Crippen LogP contribution < -0.4 is 5.32 Å². The van der Waals surface area contributed by atoms with Gasteiger partial charge in [0.15, 0.2) is 0 Å². The number of carbonyl (C=O) groups is 3. The fraction of sp³-hybridized carbons (Fsp3) is 0.389. The van der Waals surface area contributed by atoms with Crippen LogP contribution in [0.15, 0.2) is 24.3 Å². The van der Waals surface area contributed by atoms with Gasteiger partial charge in [0.1, 0.15) is 6.04 Å². The number of H-pyrrole nitrogens is 1. The molecule has 2 aliphatic rings. The topological polar surface area (TPSA) is 82.3 Å². The molecule has 124 valence electrons. The number of aromatic amines is 1. The number of carbonyl (C=O) groups excluding carboxylic acids is 3. The van der Waals surface area contributed by atoms with Gasteiger partial charge in [0.25, 0.3) is 0 Å². The molecular formula is C18H19N3O3. The summed E-state index contributed by atoms with van der Waals surface area (Å²) in [5.74, 6) is -0.733. The first-order chi connectivity index (χ1) is 11.5. The largest absolute Gasteiger partial charge is 0.358 e. The summed E-state index contributed by atoms with van der Waals surface area (Å²) in [6, 6.07) is 7.32. The minimum Gasteiger partial charge on any atom is -0.358 e. The number of hydrogen-bond donors (Lipinski definition) is 2. The van der Waals surface area contributed by atoms with E-state index in [-0.39, 0.29) is 36.6 Å². The molecule has 3 amide bonds. The monoisotopic (exact) mass is 325 g/mol. The molecule has 2 heterocycles. The normalized spacial score (nSPS) is 20.5. The Kier molecular flexibility index (Phi) is 3.40. The van der Waals surface area contributed by atoms with Gasteiger partial charge in [-0.25, -0.2) is 0 Å². The number of aromatic nitrogens is 1. The quantitative estimate of drug-likeness (QED) is 0.834. The van der Waals surface area contributed by atoms with Gasteiger partial charge >= 0.3 is 0 Å². The van der Waals surface area contributed by atoms with Gasteiger partial charge in [-0.1, -0.05) is 18.2 Å². The van der Waals surface area contributed by atoms with Crippen molar-refractivity contribution in [3.8, 4) is 0 Å². The molecule has 2 N–H and O–H groups in total. The summed E-state index contributed by atoms with van der Waals surface area (Å²) in [5, 5.41) is 3.34. The zero-order valence-corrected chi connectivity index (χ0v) is 13.5. The molecule has 6 nitrogen and oxygen atoms in total. The van der Waals surface area contributed by atoms with Gasteiger partial charge < -0.3 is 9.88 Å². The van der Waals surface area contributed by atoms with Gasteiger partial charge in [-0.15, -0.1) is 0 Å². The van der Waals surface area contributed by atoms with Crippen molar-refractivity contribution >= 4 is 28.6 Å². The second-order valence-corrected chi connectivity index (χ2v) is 6.62. The van der Waals surface area contributed by atoms with Crippen molar-refractivity contribution in [2.75, 3.05) is 0 Å². The number of aryl methyl sites for hydroxylation is 1. The fourth-order valence-corrected chi connectivity index (χ4v) is 3.55. The summed E-state index contributed by atoms with van der Waals surface area (Å²) >= 11 is 0. The van der Waals surface area contributed by atoms with Crippen LogP contribution in [0, 0.1) is 6.92 Å². The zero-order valence-electron chi connectivity index (χ0n) is 13.5. The number of nitrogens with zero attached hydrogens (tertiary/aromatic N) is 1. The highest BCUT2D eigenvalue weighted by Crippen LogP contribution is 2.32. The average Bonchev–Trinajstić information content (AvgIpc) is 3.24. The number of hydrogen-bond acceptors (Lipinski definition) is 3. The molecule has 0 radical (unpaired) electrons. The zero-order chi connectivity index (χ0) is 16.8. The minimum absolute atomic E-state index is 0.0773. The molecule has 2 fully saturated rings. The number of amides is 3. The first kappa shape index (κ1) is 14.9. The van der Waals surface area contributed by atoms with Gasteiger partial charge in [0.05, 0.1) is 12.8 Å². The third-order valence-electron chi connectivity index (χ3n) is 4.86. The Labute approximate surface area is 139 Å². The van der Waals surface area contributed by atoms with E-state index in [2.05, 4.69) is 10.3 Å². The Morgan fingerprint density at radius 2 is 2.00 bits per heavy atom. The maximum absolute atomic E-state index is 12.9. The summed E-state index contributed by atoms with van der Waals surface area (Å²) in [7, 11) is 0. The Hall–Kier alpha value is -2.63. The first-order valence-electron chi connectivity index (χ1n) is 8.25. The first-order valence-corrected chi connectivity index (χ1v) is 8.25. The van der Waals surface area contributed by atoms with Crippen molar-refractivity contribution in [1.82, 2.24) is 15.2 Å². The Morgan fingerprint density at radius 1 is 1.25 bits per heavy atom. The molecule has 4 rings (SSSR count). The van der Waals surface area contributed by atoms with Gasteiger partial charge in [-0.05, 0) is 31.4 Å². The van der Waals surface area contributed by atoms with E-state index in [1.807, 2.05) is 31.2 Å². The number of fused-ring (bicyclic) bond motifs is 1. The highest BCUT2D eigenvalue weighted by Gasteiger charge is 2.44. The van der Waals surface area contributed by atoms with E-state index in [4.69, 9.17) is 0 Å². The average molecular weight is 325 g/mol. The molecule has 1 aromatic carbocycles. The van der Waals surface area contributed by atoms with Gasteiger partial charge in [0.2, 0.25) is 17.7 Å².